The molecule has 0 spiro atoms. The molecule has 0 saturated carbocycles. The highest BCUT2D eigenvalue weighted by atomic mass is 32.2. The Morgan fingerprint density at radius 1 is 1.33 bits per heavy atom. The Labute approximate surface area is 104 Å². The fraction of sp³-hybridized carbons (Fsp3) is 0.0909. The molecule has 0 aromatic heterocycles. The van der Waals surface area contributed by atoms with Gasteiger partial charge < -0.3 is 4.84 Å². The zero-order chi connectivity index (χ0) is 13.3. The lowest BCUT2D eigenvalue weighted by molar-refractivity contribution is -0.136. The third-order valence-electron chi connectivity index (χ3n) is 2.23. The van der Waals surface area contributed by atoms with E-state index in [-0.39, 0.29) is 11.3 Å². The van der Waals surface area contributed by atoms with Crippen LogP contribution in [0.2, 0.25) is 0 Å². The van der Waals surface area contributed by atoms with Crippen molar-refractivity contribution in [1.82, 2.24) is 0 Å². The molecule has 0 bridgehead atoms. The second kappa shape index (κ2) is 4.26. The van der Waals surface area contributed by atoms with Crippen LogP contribution in [-0.2, 0) is 19.7 Å². The molecule has 1 aliphatic rings. The smallest absolute Gasteiger partial charge is 0.312 e. The summed E-state index contributed by atoms with van der Waals surface area (Å²) in [4.78, 5) is 15.7. The Bertz CT molecular complexity index is 661. The van der Waals surface area contributed by atoms with E-state index in [4.69, 9.17) is 0 Å². The SMILES string of the molecule is C=C1C(=O)ON=C1c1ccccc1NS(C)(=O)=O. The van der Waals surface area contributed by atoms with Crippen molar-refractivity contribution in [2.75, 3.05) is 11.0 Å². The van der Waals surface area contributed by atoms with E-state index < -0.39 is 16.0 Å². The number of benzene rings is 1. The third kappa shape index (κ3) is 2.40. The first-order valence-electron chi connectivity index (χ1n) is 4.94. The van der Waals surface area contributed by atoms with E-state index in [9.17, 15) is 13.2 Å². The molecule has 0 unspecified atom stereocenters. The van der Waals surface area contributed by atoms with Crippen molar-refractivity contribution in [2.45, 2.75) is 0 Å². The Hall–Kier alpha value is -2.15. The summed E-state index contributed by atoms with van der Waals surface area (Å²) in [7, 11) is -3.42. The summed E-state index contributed by atoms with van der Waals surface area (Å²) < 4.78 is 24.8. The fourth-order valence-electron chi connectivity index (χ4n) is 1.48. The number of rotatable bonds is 3. The van der Waals surface area contributed by atoms with Crippen LogP contribution in [0.25, 0.3) is 0 Å². The highest BCUT2D eigenvalue weighted by Gasteiger charge is 2.26. The molecule has 0 amide bonds. The molecule has 7 heteroatoms. The molecule has 0 fully saturated rings. The molecule has 94 valence electrons. The van der Waals surface area contributed by atoms with Crippen molar-refractivity contribution < 1.29 is 18.0 Å². The zero-order valence-electron chi connectivity index (χ0n) is 9.50. The quantitative estimate of drug-likeness (QED) is 0.650. The van der Waals surface area contributed by atoms with Gasteiger partial charge in [-0.1, -0.05) is 29.9 Å². The summed E-state index contributed by atoms with van der Waals surface area (Å²) in [6, 6.07) is 6.55. The Kier molecular flexibility index (Phi) is 2.92. The van der Waals surface area contributed by atoms with E-state index in [0.29, 0.717) is 11.3 Å². The van der Waals surface area contributed by atoms with Crippen molar-refractivity contribution in [3.05, 3.63) is 42.0 Å². The molecular weight excluding hydrogens is 256 g/mol. The molecule has 1 heterocycles. The van der Waals surface area contributed by atoms with E-state index in [2.05, 4.69) is 21.3 Å². The Morgan fingerprint density at radius 3 is 2.56 bits per heavy atom. The average Bonchev–Trinajstić information content (AvgIpc) is 2.59. The van der Waals surface area contributed by atoms with Crippen LogP contribution >= 0.6 is 0 Å². The Morgan fingerprint density at radius 2 is 2.00 bits per heavy atom. The van der Waals surface area contributed by atoms with Crippen molar-refractivity contribution in [1.29, 1.82) is 0 Å². The van der Waals surface area contributed by atoms with Crippen LogP contribution in [0.3, 0.4) is 0 Å². The van der Waals surface area contributed by atoms with Gasteiger partial charge in [0.25, 0.3) is 0 Å². The van der Waals surface area contributed by atoms with Crippen LogP contribution in [0.4, 0.5) is 5.69 Å². The van der Waals surface area contributed by atoms with Crippen LogP contribution in [0.15, 0.2) is 41.6 Å². The summed E-state index contributed by atoms with van der Waals surface area (Å²) in [5, 5.41) is 3.59. The van der Waals surface area contributed by atoms with Crippen molar-refractivity contribution in [3.63, 3.8) is 0 Å². The molecule has 18 heavy (non-hydrogen) atoms. The molecule has 0 aliphatic carbocycles. The minimum atomic E-state index is -3.42. The maximum atomic E-state index is 11.2. The summed E-state index contributed by atoms with van der Waals surface area (Å²) in [6.45, 7) is 3.55. The first kappa shape index (κ1) is 12.3. The molecule has 1 aliphatic heterocycles. The number of hydrogen-bond donors (Lipinski definition) is 1. The number of oxime groups is 1. The topological polar surface area (TPSA) is 84.8 Å². The lowest BCUT2D eigenvalue weighted by Crippen LogP contribution is -2.14. The monoisotopic (exact) mass is 266 g/mol. The lowest BCUT2D eigenvalue weighted by Gasteiger charge is -2.09. The van der Waals surface area contributed by atoms with Crippen LogP contribution in [-0.4, -0.2) is 26.4 Å². The van der Waals surface area contributed by atoms with Crippen molar-refractivity contribution >= 4 is 27.4 Å². The number of anilines is 1. The molecule has 2 rings (SSSR count). The van der Waals surface area contributed by atoms with E-state index in [0.717, 1.165) is 6.26 Å². The molecular formula is C11H10N2O4S. The molecule has 1 aromatic rings. The number of para-hydroxylation sites is 1. The van der Waals surface area contributed by atoms with Gasteiger partial charge in [0.2, 0.25) is 10.0 Å². The van der Waals surface area contributed by atoms with Crippen LogP contribution < -0.4 is 4.72 Å². The minimum absolute atomic E-state index is 0.0951. The molecule has 0 radical (unpaired) electrons. The standard InChI is InChI=1S/C11H10N2O4S/c1-7-10(12-17-11(7)14)8-5-3-4-6-9(8)13-18(2,15)16/h3-6,13H,1H2,2H3. The van der Waals surface area contributed by atoms with Gasteiger partial charge >= 0.3 is 5.97 Å². The predicted octanol–water partition coefficient (Wildman–Crippen LogP) is 0.875. The summed E-state index contributed by atoms with van der Waals surface area (Å²) >= 11 is 0. The maximum Gasteiger partial charge on any atom is 0.367 e. The van der Waals surface area contributed by atoms with E-state index in [1.165, 1.54) is 0 Å². The van der Waals surface area contributed by atoms with Gasteiger partial charge in [-0.15, -0.1) is 0 Å². The second-order valence-corrected chi connectivity index (χ2v) is 5.47. The van der Waals surface area contributed by atoms with Gasteiger partial charge in [-0.3, -0.25) is 4.72 Å². The van der Waals surface area contributed by atoms with Crippen molar-refractivity contribution in [3.8, 4) is 0 Å². The summed E-state index contributed by atoms with van der Waals surface area (Å²) in [6.07, 6.45) is 1.04. The van der Waals surface area contributed by atoms with Crippen LogP contribution in [0.5, 0.6) is 0 Å². The van der Waals surface area contributed by atoms with Gasteiger partial charge in [0, 0.05) is 5.56 Å². The second-order valence-electron chi connectivity index (χ2n) is 3.72. The van der Waals surface area contributed by atoms with Crippen LogP contribution in [0.1, 0.15) is 5.56 Å². The largest absolute Gasteiger partial charge is 0.367 e. The van der Waals surface area contributed by atoms with Gasteiger partial charge in [0.05, 0.1) is 17.5 Å². The predicted molar refractivity (Wildman–Crippen MR) is 66.7 cm³/mol. The molecule has 6 nitrogen and oxygen atoms in total. The number of hydrogen-bond acceptors (Lipinski definition) is 5. The third-order valence-corrected chi connectivity index (χ3v) is 2.82. The van der Waals surface area contributed by atoms with E-state index in [1.807, 2.05) is 0 Å². The van der Waals surface area contributed by atoms with Gasteiger partial charge in [0.15, 0.2) is 0 Å². The molecule has 0 saturated heterocycles. The number of sulfonamides is 1. The van der Waals surface area contributed by atoms with Gasteiger partial charge in [-0.25, -0.2) is 13.2 Å². The molecule has 0 atom stereocenters. The molecule has 1 aromatic carbocycles. The zero-order valence-corrected chi connectivity index (χ0v) is 10.3. The fourth-order valence-corrected chi connectivity index (χ4v) is 2.06. The van der Waals surface area contributed by atoms with Gasteiger partial charge in [0.1, 0.15) is 5.71 Å². The number of nitrogens with one attached hydrogen (secondary N) is 1. The first-order valence-corrected chi connectivity index (χ1v) is 6.83. The number of carbonyl (C=O) groups is 1. The average molecular weight is 266 g/mol. The van der Waals surface area contributed by atoms with Crippen molar-refractivity contribution in [2.24, 2.45) is 5.16 Å². The Balaban J connectivity index is 2.46. The summed E-state index contributed by atoms with van der Waals surface area (Å²) in [5.41, 5.74) is 1.08. The van der Waals surface area contributed by atoms with Crippen LogP contribution in [0, 0.1) is 0 Å². The maximum absolute atomic E-state index is 11.2. The molecule has 1 N–H and O–H groups in total. The van der Waals surface area contributed by atoms with Gasteiger partial charge in [-0.2, -0.15) is 0 Å². The van der Waals surface area contributed by atoms with E-state index in [1.54, 1.807) is 24.3 Å². The van der Waals surface area contributed by atoms with E-state index >= 15 is 0 Å². The first-order chi connectivity index (χ1) is 8.38. The summed E-state index contributed by atoms with van der Waals surface area (Å²) in [5.74, 6) is -0.640. The minimum Gasteiger partial charge on any atom is -0.312 e. The normalized spacial score (nSPS) is 15.3. The lowest BCUT2D eigenvalue weighted by atomic mass is 10.0. The highest BCUT2D eigenvalue weighted by Crippen LogP contribution is 2.23. The van der Waals surface area contributed by atoms with Gasteiger partial charge in [-0.05, 0) is 6.07 Å². The highest BCUT2D eigenvalue weighted by molar-refractivity contribution is 7.92. The number of carbonyl (C=O) groups excluding carboxylic acids is 1. The number of nitrogens with zero attached hydrogens (tertiary/aromatic N) is 1.